The molecule has 0 aliphatic rings. The monoisotopic (exact) mass is 314 g/mol. The summed E-state index contributed by atoms with van der Waals surface area (Å²) in [6.45, 7) is 0. The number of aromatic amines is 1. The van der Waals surface area contributed by atoms with Gasteiger partial charge in [-0.3, -0.25) is 9.27 Å². The predicted molar refractivity (Wildman–Crippen MR) is 75.2 cm³/mol. The topological polar surface area (TPSA) is 65.1 Å². The molecule has 0 spiro atoms. The van der Waals surface area contributed by atoms with Gasteiger partial charge in [-0.2, -0.15) is 13.2 Å². The zero-order chi connectivity index (χ0) is 15.2. The number of hydrogen-bond donors (Lipinski definition) is 3. The van der Waals surface area contributed by atoms with Crippen LogP contribution in [-0.4, -0.2) is 13.7 Å². The number of fused-ring (bicyclic) bond motifs is 3. The van der Waals surface area contributed by atoms with E-state index >= 15 is 0 Å². The number of alkyl halides is 3. The van der Waals surface area contributed by atoms with Crippen LogP contribution in [0.25, 0.3) is 21.8 Å². The van der Waals surface area contributed by atoms with Crippen molar-refractivity contribution in [3.63, 3.8) is 0 Å². The van der Waals surface area contributed by atoms with Crippen molar-refractivity contribution in [2.45, 2.75) is 6.18 Å². The van der Waals surface area contributed by atoms with Crippen LogP contribution in [0, 0.1) is 0 Å². The lowest BCUT2D eigenvalue weighted by molar-refractivity contribution is -0.137. The van der Waals surface area contributed by atoms with Crippen LogP contribution >= 0.6 is 0 Å². The van der Waals surface area contributed by atoms with Crippen molar-refractivity contribution in [3.8, 4) is 0 Å². The molecule has 3 rings (SSSR count). The number of rotatable bonds is 2. The lowest BCUT2D eigenvalue weighted by Crippen LogP contribution is -2.03. The van der Waals surface area contributed by atoms with Gasteiger partial charge in [0.15, 0.2) is 0 Å². The minimum atomic E-state index is -4.40. The van der Waals surface area contributed by atoms with Gasteiger partial charge in [0.1, 0.15) is 0 Å². The summed E-state index contributed by atoms with van der Waals surface area (Å²) in [4.78, 5) is 2.90. The minimum Gasteiger partial charge on any atom is -0.354 e. The maximum atomic E-state index is 12.7. The minimum absolute atomic E-state index is 0.363. The highest BCUT2D eigenvalue weighted by atomic mass is 32.2. The van der Waals surface area contributed by atoms with Gasteiger partial charge in [-0.1, -0.05) is 6.07 Å². The van der Waals surface area contributed by atoms with Crippen LogP contribution in [0.3, 0.4) is 0 Å². The first-order valence-electron chi connectivity index (χ1n) is 5.85. The Bertz CT molecular complexity index is 858. The standard InChI is InChI=1S/C13H9F3N2O2S/c14-13(15,16)7-1-3-9-10-6-8(18-21(19)20)2-4-11(10)17-12(9)5-7/h1-6,17-18H,(H,19,20). The summed E-state index contributed by atoms with van der Waals surface area (Å²) in [6.07, 6.45) is -4.40. The molecular formula is C13H9F3N2O2S. The Morgan fingerprint density at radius 1 is 1.05 bits per heavy atom. The molecule has 1 atom stereocenters. The summed E-state index contributed by atoms with van der Waals surface area (Å²) in [5.74, 6) is 0. The number of nitrogens with one attached hydrogen (secondary N) is 2. The molecular weight excluding hydrogens is 305 g/mol. The number of anilines is 1. The fourth-order valence-corrected chi connectivity index (χ4v) is 2.57. The van der Waals surface area contributed by atoms with Gasteiger partial charge in [0.25, 0.3) is 11.3 Å². The Hall–Kier alpha value is -2.06. The maximum Gasteiger partial charge on any atom is 0.416 e. The van der Waals surface area contributed by atoms with E-state index in [9.17, 15) is 17.4 Å². The van der Waals surface area contributed by atoms with Gasteiger partial charge in [0.05, 0.1) is 5.56 Å². The second-order valence-electron chi connectivity index (χ2n) is 4.49. The summed E-state index contributed by atoms with van der Waals surface area (Å²) < 4.78 is 59.9. The quantitative estimate of drug-likeness (QED) is 0.628. The fourth-order valence-electron chi connectivity index (χ4n) is 2.24. The van der Waals surface area contributed by atoms with Crippen LogP contribution in [0.4, 0.5) is 18.9 Å². The lowest BCUT2D eigenvalue weighted by atomic mass is 10.1. The number of H-pyrrole nitrogens is 1. The summed E-state index contributed by atoms with van der Waals surface area (Å²) in [5, 5.41) is 1.29. The molecule has 0 aliphatic heterocycles. The van der Waals surface area contributed by atoms with Gasteiger partial charge < -0.3 is 4.98 Å². The second kappa shape index (κ2) is 4.74. The molecule has 3 aromatic rings. The van der Waals surface area contributed by atoms with Gasteiger partial charge in [-0.15, -0.1) is 0 Å². The molecule has 2 aromatic carbocycles. The van der Waals surface area contributed by atoms with Crippen molar-refractivity contribution < 1.29 is 21.9 Å². The summed E-state index contributed by atoms with van der Waals surface area (Å²) in [6, 6.07) is 8.26. The highest BCUT2D eigenvalue weighted by molar-refractivity contribution is 7.80. The first-order chi connectivity index (χ1) is 9.84. The van der Waals surface area contributed by atoms with E-state index in [0.29, 0.717) is 27.5 Å². The molecule has 0 radical (unpaired) electrons. The van der Waals surface area contributed by atoms with Crippen LogP contribution in [0.1, 0.15) is 5.56 Å². The van der Waals surface area contributed by atoms with E-state index in [0.717, 1.165) is 12.1 Å². The Morgan fingerprint density at radius 3 is 2.48 bits per heavy atom. The number of aromatic nitrogens is 1. The summed E-state index contributed by atoms with van der Waals surface area (Å²) in [5.41, 5.74) is 0.696. The molecule has 3 N–H and O–H groups in total. The smallest absolute Gasteiger partial charge is 0.354 e. The average molecular weight is 314 g/mol. The van der Waals surface area contributed by atoms with Crippen LogP contribution in [-0.2, 0) is 17.4 Å². The normalized spacial score (nSPS) is 13.7. The van der Waals surface area contributed by atoms with E-state index in [1.54, 1.807) is 18.2 Å². The van der Waals surface area contributed by atoms with E-state index < -0.39 is 23.0 Å². The van der Waals surface area contributed by atoms with E-state index in [1.807, 2.05) is 0 Å². The molecule has 8 heteroatoms. The Labute approximate surface area is 119 Å². The highest BCUT2D eigenvalue weighted by Crippen LogP contribution is 2.34. The molecule has 0 amide bonds. The van der Waals surface area contributed by atoms with Crippen LogP contribution in [0.2, 0.25) is 0 Å². The van der Waals surface area contributed by atoms with Gasteiger partial charge in [-0.25, -0.2) is 4.21 Å². The SMILES string of the molecule is O=S(O)Nc1ccc2[nH]c3cc(C(F)(F)F)ccc3c2c1. The van der Waals surface area contributed by atoms with Crippen LogP contribution in [0.15, 0.2) is 36.4 Å². The van der Waals surface area contributed by atoms with E-state index in [-0.39, 0.29) is 0 Å². The van der Waals surface area contributed by atoms with E-state index in [2.05, 4.69) is 9.71 Å². The van der Waals surface area contributed by atoms with Crippen molar-refractivity contribution in [1.82, 2.24) is 4.98 Å². The van der Waals surface area contributed by atoms with Crippen molar-refractivity contribution in [2.75, 3.05) is 4.72 Å². The van der Waals surface area contributed by atoms with Crippen molar-refractivity contribution in [1.29, 1.82) is 0 Å². The first-order valence-corrected chi connectivity index (χ1v) is 6.95. The zero-order valence-corrected chi connectivity index (χ0v) is 11.2. The molecule has 0 bridgehead atoms. The third-order valence-electron chi connectivity index (χ3n) is 3.13. The molecule has 110 valence electrons. The molecule has 4 nitrogen and oxygen atoms in total. The molecule has 0 fully saturated rings. The van der Waals surface area contributed by atoms with Crippen molar-refractivity contribution in [2.24, 2.45) is 0 Å². The fraction of sp³-hybridized carbons (Fsp3) is 0.0769. The largest absolute Gasteiger partial charge is 0.416 e. The molecule has 0 aliphatic carbocycles. The summed E-state index contributed by atoms with van der Waals surface area (Å²) >= 11 is -2.21. The Morgan fingerprint density at radius 2 is 1.81 bits per heavy atom. The van der Waals surface area contributed by atoms with Crippen molar-refractivity contribution >= 4 is 38.8 Å². The zero-order valence-electron chi connectivity index (χ0n) is 10.4. The molecule has 0 saturated carbocycles. The third kappa shape index (κ3) is 2.59. The van der Waals surface area contributed by atoms with E-state index in [4.69, 9.17) is 4.55 Å². The number of halogens is 3. The Kier molecular flexibility index (Phi) is 3.14. The van der Waals surface area contributed by atoms with Crippen LogP contribution in [0.5, 0.6) is 0 Å². The Balaban J connectivity index is 2.19. The van der Waals surface area contributed by atoms with Gasteiger partial charge in [0.2, 0.25) is 0 Å². The number of benzene rings is 2. The number of hydrogen-bond acceptors (Lipinski definition) is 1. The van der Waals surface area contributed by atoms with Crippen molar-refractivity contribution in [3.05, 3.63) is 42.0 Å². The molecule has 1 unspecified atom stereocenters. The lowest BCUT2D eigenvalue weighted by Gasteiger charge is -2.05. The van der Waals surface area contributed by atoms with Gasteiger partial charge in [-0.05, 0) is 30.3 Å². The van der Waals surface area contributed by atoms with Crippen LogP contribution < -0.4 is 4.72 Å². The first kappa shape index (κ1) is 13.9. The average Bonchev–Trinajstić information content (AvgIpc) is 2.74. The summed E-state index contributed by atoms with van der Waals surface area (Å²) in [7, 11) is 0. The molecule has 0 saturated heterocycles. The molecule has 21 heavy (non-hydrogen) atoms. The van der Waals surface area contributed by atoms with Gasteiger partial charge in [0, 0.05) is 27.5 Å². The van der Waals surface area contributed by atoms with Gasteiger partial charge >= 0.3 is 6.18 Å². The predicted octanol–water partition coefficient (Wildman–Crippen LogP) is 3.89. The highest BCUT2D eigenvalue weighted by Gasteiger charge is 2.30. The second-order valence-corrected chi connectivity index (χ2v) is 5.20. The molecule has 1 aromatic heterocycles. The molecule has 1 heterocycles. The maximum absolute atomic E-state index is 12.7. The van der Waals surface area contributed by atoms with E-state index in [1.165, 1.54) is 6.07 Å². The third-order valence-corrected chi connectivity index (χ3v) is 3.54.